The number of amides is 2. The second-order valence-electron chi connectivity index (χ2n) is 9.06. The van der Waals surface area contributed by atoms with Crippen LogP contribution in [0.5, 0.6) is 5.75 Å². The lowest BCUT2D eigenvalue weighted by atomic mass is 10.1. The van der Waals surface area contributed by atoms with Gasteiger partial charge in [0.25, 0.3) is 11.8 Å². The van der Waals surface area contributed by atoms with Crippen LogP contribution in [-0.4, -0.2) is 42.9 Å². The topological polar surface area (TPSA) is 61.9 Å². The third-order valence-corrected chi connectivity index (χ3v) is 6.77. The molecule has 1 fully saturated rings. The minimum atomic E-state index is -0.191. The van der Waals surface area contributed by atoms with Crippen molar-refractivity contribution in [3.8, 4) is 5.75 Å². The largest absolute Gasteiger partial charge is 0.489 e. The first kappa shape index (κ1) is 25.4. The fourth-order valence-electron chi connectivity index (χ4n) is 4.42. The molecule has 5 rings (SSSR count). The number of hydrogen-bond acceptors (Lipinski definition) is 4. The quantitative estimate of drug-likeness (QED) is 0.315. The third-order valence-electron chi connectivity index (χ3n) is 6.52. The fraction of sp³-hybridized carbons (Fsp3) is 0.161. The summed E-state index contributed by atoms with van der Waals surface area (Å²) in [5, 5.41) is 3.66. The highest BCUT2D eigenvalue weighted by atomic mass is 35.5. The van der Waals surface area contributed by atoms with Gasteiger partial charge in [-0.05, 0) is 66.2 Å². The monoisotopic (exact) mass is 525 g/mol. The van der Waals surface area contributed by atoms with Crippen LogP contribution in [0.3, 0.4) is 0 Å². The number of anilines is 2. The molecule has 192 valence electrons. The molecule has 2 amide bonds. The molecule has 0 saturated carbocycles. The predicted octanol–water partition coefficient (Wildman–Crippen LogP) is 6.13. The van der Waals surface area contributed by atoms with Crippen molar-refractivity contribution >= 4 is 34.8 Å². The summed E-state index contributed by atoms with van der Waals surface area (Å²) < 4.78 is 5.83. The van der Waals surface area contributed by atoms with E-state index in [9.17, 15) is 9.59 Å². The molecule has 7 heteroatoms. The Bertz CT molecular complexity index is 1380. The minimum Gasteiger partial charge on any atom is -0.489 e. The highest BCUT2D eigenvalue weighted by Crippen LogP contribution is 2.28. The van der Waals surface area contributed by atoms with E-state index in [-0.39, 0.29) is 11.8 Å². The molecule has 0 bridgehead atoms. The molecule has 6 nitrogen and oxygen atoms in total. The molecule has 1 N–H and O–H groups in total. The number of ether oxygens (including phenoxy) is 1. The van der Waals surface area contributed by atoms with Gasteiger partial charge in [0.2, 0.25) is 0 Å². The minimum absolute atomic E-state index is 0.000834. The lowest BCUT2D eigenvalue weighted by molar-refractivity contribution is 0.0746. The van der Waals surface area contributed by atoms with Gasteiger partial charge in [-0.1, -0.05) is 54.1 Å². The van der Waals surface area contributed by atoms with Crippen LogP contribution in [0.2, 0.25) is 5.02 Å². The summed E-state index contributed by atoms with van der Waals surface area (Å²) in [4.78, 5) is 29.9. The van der Waals surface area contributed by atoms with Crippen LogP contribution in [0, 0.1) is 0 Å². The molecule has 0 aromatic heterocycles. The Labute approximate surface area is 227 Å². The zero-order chi connectivity index (χ0) is 26.3. The maximum absolute atomic E-state index is 13.0. The van der Waals surface area contributed by atoms with Gasteiger partial charge < -0.3 is 19.9 Å². The smallest absolute Gasteiger partial charge is 0.255 e. The van der Waals surface area contributed by atoms with Gasteiger partial charge in [0, 0.05) is 42.3 Å². The van der Waals surface area contributed by atoms with Crippen molar-refractivity contribution in [2.75, 3.05) is 36.4 Å². The average molecular weight is 526 g/mol. The molecule has 0 aliphatic carbocycles. The van der Waals surface area contributed by atoms with Crippen molar-refractivity contribution in [3.05, 3.63) is 125 Å². The number of piperazine rings is 1. The van der Waals surface area contributed by atoms with Crippen LogP contribution in [0.1, 0.15) is 26.3 Å². The normalized spacial score (nSPS) is 13.2. The number of nitrogens with one attached hydrogen (secondary N) is 1. The van der Waals surface area contributed by atoms with Gasteiger partial charge in [-0.3, -0.25) is 9.59 Å². The molecule has 4 aromatic carbocycles. The molecule has 1 aliphatic rings. The maximum Gasteiger partial charge on any atom is 0.255 e. The van der Waals surface area contributed by atoms with Gasteiger partial charge in [0.1, 0.15) is 12.4 Å². The Morgan fingerprint density at radius 2 is 1.37 bits per heavy atom. The number of carbonyl (C=O) groups excluding carboxylic acids is 2. The highest BCUT2D eigenvalue weighted by Gasteiger charge is 2.24. The molecule has 1 saturated heterocycles. The highest BCUT2D eigenvalue weighted by molar-refractivity contribution is 6.30. The average Bonchev–Trinajstić information content (AvgIpc) is 2.97. The van der Waals surface area contributed by atoms with Crippen molar-refractivity contribution in [1.29, 1.82) is 0 Å². The molecule has 38 heavy (non-hydrogen) atoms. The first-order valence-electron chi connectivity index (χ1n) is 12.5. The van der Waals surface area contributed by atoms with E-state index in [1.807, 2.05) is 59.5 Å². The molecule has 0 unspecified atom stereocenters. The second-order valence-corrected chi connectivity index (χ2v) is 9.49. The van der Waals surface area contributed by atoms with Gasteiger partial charge in [-0.25, -0.2) is 0 Å². The summed E-state index contributed by atoms with van der Waals surface area (Å²) in [5.41, 5.74) is 3.93. The SMILES string of the molecule is O=C(Nc1ccccc1N1CCN(C(=O)c2ccc(Cl)cc2)CC1)c1ccc(OCc2ccccc2)cc1. The van der Waals surface area contributed by atoms with E-state index in [0.717, 1.165) is 16.9 Å². The molecule has 1 aliphatic heterocycles. The number of nitrogens with zero attached hydrogens (tertiary/aromatic N) is 2. The number of rotatable bonds is 7. The van der Waals surface area contributed by atoms with Crippen molar-refractivity contribution in [2.24, 2.45) is 0 Å². The molecular weight excluding hydrogens is 498 g/mol. The van der Waals surface area contributed by atoms with Gasteiger partial charge in [0.05, 0.1) is 11.4 Å². The Kier molecular flexibility index (Phi) is 7.90. The Morgan fingerprint density at radius 1 is 0.737 bits per heavy atom. The van der Waals surface area contributed by atoms with Crippen LogP contribution in [0.25, 0.3) is 0 Å². The van der Waals surface area contributed by atoms with Gasteiger partial charge in [-0.15, -0.1) is 0 Å². The van der Waals surface area contributed by atoms with Crippen molar-refractivity contribution in [3.63, 3.8) is 0 Å². The number of hydrogen-bond donors (Lipinski definition) is 1. The van der Waals surface area contributed by atoms with E-state index in [4.69, 9.17) is 16.3 Å². The van der Waals surface area contributed by atoms with Gasteiger partial charge >= 0.3 is 0 Å². The lowest BCUT2D eigenvalue weighted by Gasteiger charge is -2.37. The van der Waals surface area contributed by atoms with E-state index in [1.165, 1.54) is 0 Å². The van der Waals surface area contributed by atoms with E-state index < -0.39 is 0 Å². The summed E-state index contributed by atoms with van der Waals surface area (Å²) in [6, 6.07) is 31.8. The first-order chi connectivity index (χ1) is 18.6. The zero-order valence-corrected chi connectivity index (χ0v) is 21.6. The fourth-order valence-corrected chi connectivity index (χ4v) is 4.54. The number of carbonyl (C=O) groups is 2. The van der Waals surface area contributed by atoms with Crippen molar-refractivity contribution in [1.82, 2.24) is 4.90 Å². The lowest BCUT2D eigenvalue weighted by Crippen LogP contribution is -2.49. The third kappa shape index (κ3) is 6.15. The van der Waals surface area contributed by atoms with E-state index in [0.29, 0.717) is 54.7 Å². The van der Waals surface area contributed by atoms with Crippen molar-refractivity contribution in [2.45, 2.75) is 6.61 Å². The molecule has 0 spiro atoms. The van der Waals surface area contributed by atoms with Crippen LogP contribution in [0.4, 0.5) is 11.4 Å². The second kappa shape index (κ2) is 11.8. The Hall–Kier alpha value is -4.29. The summed E-state index contributed by atoms with van der Waals surface area (Å²) in [7, 11) is 0. The zero-order valence-electron chi connectivity index (χ0n) is 20.8. The Balaban J connectivity index is 1.19. The number of benzene rings is 4. The molecule has 1 heterocycles. The molecular formula is C31H28ClN3O3. The molecule has 4 aromatic rings. The summed E-state index contributed by atoms with van der Waals surface area (Å²) >= 11 is 5.95. The van der Waals surface area contributed by atoms with Gasteiger partial charge in [-0.2, -0.15) is 0 Å². The Morgan fingerprint density at radius 3 is 2.08 bits per heavy atom. The van der Waals surface area contributed by atoms with E-state index in [2.05, 4.69) is 10.2 Å². The maximum atomic E-state index is 13.0. The predicted molar refractivity (Wildman–Crippen MR) is 151 cm³/mol. The van der Waals surface area contributed by atoms with Crippen LogP contribution in [0.15, 0.2) is 103 Å². The van der Waals surface area contributed by atoms with E-state index >= 15 is 0 Å². The molecule has 0 radical (unpaired) electrons. The summed E-state index contributed by atoms with van der Waals surface area (Å²) in [6.07, 6.45) is 0. The standard InChI is InChI=1S/C31H28ClN3O3/c32-26-14-10-25(11-15-26)31(37)35-20-18-34(19-21-35)29-9-5-4-8-28(29)33-30(36)24-12-16-27(17-13-24)38-22-23-6-2-1-3-7-23/h1-17H,18-22H2,(H,33,36). The summed E-state index contributed by atoms with van der Waals surface area (Å²) in [5.74, 6) is 0.513. The number of halogens is 1. The first-order valence-corrected chi connectivity index (χ1v) is 12.9. The molecule has 0 atom stereocenters. The van der Waals surface area contributed by atoms with E-state index in [1.54, 1.807) is 48.5 Å². The van der Waals surface area contributed by atoms with Crippen LogP contribution in [-0.2, 0) is 6.61 Å². The number of para-hydroxylation sites is 2. The van der Waals surface area contributed by atoms with Crippen LogP contribution >= 0.6 is 11.6 Å². The summed E-state index contributed by atoms with van der Waals surface area (Å²) in [6.45, 7) is 2.99. The van der Waals surface area contributed by atoms with Crippen LogP contribution < -0.4 is 15.0 Å². The van der Waals surface area contributed by atoms with Crippen molar-refractivity contribution < 1.29 is 14.3 Å². The van der Waals surface area contributed by atoms with Gasteiger partial charge in [0.15, 0.2) is 0 Å².